The van der Waals surface area contributed by atoms with Gasteiger partial charge in [-0.15, -0.1) is 0 Å². The Morgan fingerprint density at radius 2 is 2.15 bits per heavy atom. The lowest BCUT2D eigenvalue weighted by atomic mass is 10.1. The maximum atomic E-state index is 13.1. The summed E-state index contributed by atoms with van der Waals surface area (Å²) in [5.74, 6) is -0.550. The maximum Gasteiger partial charge on any atom is 0.219 e. The van der Waals surface area contributed by atoms with Crippen LogP contribution in [-0.4, -0.2) is 31.1 Å². The highest BCUT2D eigenvalue weighted by molar-refractivity contribution is 7.89. The van der Waals surface area contributed by atoms with Gasteiger partial charge in [0, 0.05) is 17.6 Å². The summed E-state index contributed by atoms with van der Waals surface area (Å²) in [7, 11) is -3.43. The number of hydrogen-bond donors (Lipinski definition) is 0. The summed E-state index contributed by atoms with van der Waals surface area (Å²) in [6.45, 7) is 3.79. The molecule has 0 bridgehead atoms. The quantitative estimate of drug-likeness (QED) is 0.775. The van der Waals surface area contributed by atoms with Crippen LogP contribution in [-0.2, 0) is 16.4 Å². The van der Waals surface area contributed by atoms with E-state index >= 15 is 0 Å². The second-order valence-electron chi connectivity index (χ2n) is 5.00. The van der Waals surface area contributed by atoms with Gasteiger partial charge in [0.1, 0.15) is 5.82 Å². The van der Waals surface area contributed by atoms with E-state index in [0.29, 0.717) is 13.0 Å². The summed E-state index contributed by atoms with van der Waals surface area (Å²) in [6.07, 6.45) is 2.23. The van der Waals surface area contributed by atoms with Crippen LogP contribution in [0, 0.1) is 5.82 Å². The summed E-state index contributed by atoms with van der Waals surface area (Å²) in [5, 5.41) is 0.112. The van der Waals surface area contributed by atoms with Gasteiger partial charge < -0.3 is 0 Å². The molecule has 2 rings (SSSR count). The van der Waals surface area contributed by atoms with Crippen LogP contribution >= 0.6 is 11.6 Å². The van der Waals surface area contributed by atoms with Gasteiger partial charge in [-0.2, -0.15) is 4.31 Å². The first kappa shape index (κ1) is 15.5. The Balaban J connectivity index is 2.05. The minimum atomic E-state index is -3.43. The summed E-state index contributed by atoms with van der Waals surface area (Å²) in [6, 6.07) is 6.28. The lowest BCUT2D eigenvalue weighted by Crippen LogP contribution is -2.36. The molecule has 0 atom stereocenters. The third-order valence-electron chi connectivity index (χ3n) is 3.16. The lowest BCUT2D eigenvalue weighted by Gasteiger charge is -2.21. The standard InChI is InChI=1S/C14H17ClFNO2S/c1-11(15)10-20(18,19)17(14-5-6-14)8-7-12-3-2-4-13(16)9-12/h2-4,9,14H,1,5-8,10H2. The molecule has 1 aliphatic carbocycles. The Morgan fingerprint density at radius 3 is 2.70 bits per heavy atom. The van der Waals surface area contributed by atoms with Crippen molar-refractivity contribution in [1.82, 2.24) is 4.31 Å². The highest BCUT2D eigenvalue weighted by Gasteiger charge is 2.36. The number of hydrogen-bond acceptors (Lipinski definition) is 2. The van der Waals surface area contributed by atoms with Gasteiger partial charge in [-0.05, 0) is 37.0 Å². The van der Waals surface area contributed by atoms with Crippen molar-refractivity contribution in [3.05, 3.63) is 47.3 Å². The second kappa shape index (κ2) is 6.24. The van der Waals surface area contributed by atoms with Crippen LogP contribution in [0.4, 0.5) is 4.39 Å². The lowest BCUT2D eigenvalue weighted by molar-refractivity contribution is 0.408. The fourth-order valence-electron chi connectivity index (χ4n) is 2.12. The first-order chi connectivity index (χ1) is 9.38. The first-order valence-electron chi connectivity index (χ1n) is 6.46. The highest BCUT2D eigenvalue weighted by Crippen LogP contribution is 2.30. The third kappa shape index (κ3) is 4.30. The number of rotatable bonds is 7. The molecule has 0 heterocycles. The fourth-order valence-corrected chi connectivity index (χ4v) is 4.13. The van der Waals surface area contributed by atoms with Crippen molar-refractivity contribution in [2.45, 2.75) is 25.3 Å². The number of sulfonamides is 1. The Kier molecular flexibility index (Phi) is 4.83. The molecule has 0 aromatic heterocycles. The summed E-state index contributed by atoms with van der Waals surface area (Å²) >= 11 is 5.62. The Labute approximate surface area is 124 Å². The normalized spacial score (nSPS) is 15.6. The molecule has 3 nitrogen and oxygen atoms in total. The minimum Gasteiger partial charge on any atom is -0.212 e. The van der Waals surface area contributed by atoms with Crippen molar-refractivity contribution < 1.29 is 12.8 Å². The van der Waals surface area contributed by atoms with Crippen molar-refractivity contribution >= 4 is 21.6 Å². The second-order valence-corrected chi connectivity index (χ2v) is 7.45. The van der Waals surface area contributed by atoms with Gasteiger partial charge in [-0.3, -0.25) is 0 Å². The van der Waals surface area contributed by atoms with E-state index in [1.54, 1.807) is 12.1 Å². The molecule has 1 aliphatic rings. The van der Waals surface area contributed by atoms with Crippen molar-refractivity contribution in [2.24, 2.45) is 0 Å². The molecule has 0 aliphatic heterocycles. The number of benzene rings is 1. The summed E-state index contributed by atoms with van der Waals surface area (Å²) in [4.78, 5) is 0. The summed E-state index contributed by atoms with van der Waals surface area (Å²) < 4.78 is 39.0. The minimum absolute atomic E-state index is 0.0598. The average molecular weight is 318 g/mol. The molecule has 0 unspecified atom stereocenters. The molecular weight excluding hydrogens is 301 g/mol. The molecule has 6 heteroatoms. The molecule has 1 aromatic carbocycles. The van der Waals surface area contributed by atoms with E-state index in [2.05, 4.69) is 6.58 Å². The van der Waals surface area contributed by atoms with Crippen LogP contribution in [0.1, 0.15) is 18.4 Å². The SMILES string of the molecule is C=C(Cl)CS(=O)(=O)N(CCc1cccc(F)c1)C1CC1. The van der Waals surface area contributed by atoms with Gasteiger partial charge in [0.2, 0.25) is 10.0 Å². The first-order valence-corrected chi connectivity index (χ1v) is 8.44. The van der Waals surface area contributed by atoms with Gasteiger partial charge in [0.25, 0.3) is 0 Å². The zero-order valence-electron chi connectivity index (χ0n) is 11.1. The molecule has 0 spiro atoms. The average Bonchev–Trinajstić information content (AvgIpc) is 3.11. The molecule has 0 amide bonds. The number of nitrogens with zero attached hydrogens (tertiary/aromatic N) is 1. The molecule has 110 valence electrons. The van der Waals surface area contributed by atoms with Crippen molar-refractivity contribution in [3.63, 3.8) is 0 Å². The fraction of sp³-hybridized carbons (Fsp3) is 0.429. The summed E-state index contributed by atoms with van der Waals surface area (Å²) in [5.41, 5.74) is 0.788. The van der Waals surface area contributed by atoms with Gasteiger partial charge in [-0.1, -0.05) is 30.3 Å². The molecular formula is C14H17ClFNO2S. The van der Waals surface area contributed by atoms with Crippen LogP contribution in [0.25, 0.3) is 0 Å². The van der Waals surface area contributed by atoms with Crippen LogP contribution in [0.2, 0.25) is 0 Å². The van der Waals surface area contributed by atoms with E-state index in [4.69, 9.17) is 11.6 Å². The van der Waals surface area contributed by atoms with Crippen LogP contribution in [0.3, 0.4) is 0 Å². The molecule has 0 N–H and O–H groups in total. The van der Waals surface area contributed by atoms with E-state index in [1.807, 2.05) is 0 Å². The third-order valence-corrected chi connectivity index (χ3v) is 5.36. The van der Waals surface area contributed by atoms with E-state index in [-0.39, 0.29) is 22.6 Å². The van der Waals surface area contributed by atoms with Gasteiger partial charge >= 0.3 is 0 Å². The number of halogens is 2. The monoisotopic (exact) mass is 317 g/mol. The molecule has 1 saturated carbocycles. The van der Waals surface area contributed by atoms with Gasteiger partial charge in [-0.25, -0.2) is 12.8 Å². The Bertz CT molecular complexity index is 599. The van der Waals surface area contributed by atoms with Gasteiger partial charge in [0.15, 0.2) is 0 Å². The van der Waals surface area contributed by atoms with Crippen LogP contribution in [0.5, 0.6) is 0 Å². The van der Waals surface area contributed by atoms with Gasteiger partial charge in [0.05, 0.1) is 5.75 Å². The Hall–Kier alpha value is -0.910. The van der Waals surface area contributed by atoms with E-state index < -0.39 is 10.0 Å². The zero-order chi connectivity index (χ0) is 14.8. The molecule has 0 saturated heterocycles. The predicted molar refractivity (Wildman–Crippen MR) is 78.6 cm³/mol. The largest absolute Gasteiger partial charge is 0.219 e. The van der Waals surface area contributed by atoms with E-state index in [0.717, 1.165) is 18.4 Å². The molecule has 1 fully saturated rings. The van der Waals surface area contributed by atoms with Crippen LogP contribution < -0.4 is 0 Å². The van der Waals surface area contributed by atoms with E-state index in [9.17, 15) is 12.8 Å². The molecule has 0 radical (unpaired) electrons. The Morgan fingerprint density at radius 1 is 1.45 bits per heavy atom. The molecule has 1 aromatic rings. The van der Waals surface area contributed by atoms with Crippen molar-refractivity contribution in [1.29, 1.82) is 0 Å². The molecule has 20 heavy (non-hydrogen) atoms. The van der Waals surface area contributed by atoms with Crippen molar-refractivity contribution in [3.8, 4) is 0 Å². The van der Waals surface area contributed by atoms with E-state index in [1.165, 1.54) is 16.4 Å². The topological polar surface area (TPSA) is 37.4 Å². The zero-order valence-corrected chi connectivity index (χ0v) is 12.6. The highest BCUT2D eigenvalue weighted by atomic mass is 35.5. The predicted octanol–water partition coefficient (Wildman–Crippen LogP) is 2.91. The maximum absolute atomic E-state index is 13.1. The smallest absolute Gasteiger partial charge is 0.212 e. The van der Waals surface area contributed by atoms with Crippen LogP contribution in [0.15, 0.2) is 35.9 Å². The van der Waals surface area contributed by atoms with Crippen molar-refractivity contribution in [2.75, 3.05) is 12.3 Å².